The zero-order chi connectivity index (χ0) is 13.5. The highest BCUT2D eigenvalue weighted by Gasteiger charge is 2.06. The number of nitrogens with one attached hydrogen (secondary N) is 2. The first-order chi connectivity index (χ1) is 8.49. The number of amides is 1. The number of carbonyl (C=O) groups is 1. The quantitative estimate of drug-likeness (QED) is 0.786. The van der Waals surface area contributed by atoms with Crippen molar-refractivity contribution in [2.45, 2.75) is 20.3 Å². The van der Waals surface area contributed by atoms with E-state index in [1.807, 2.05) is 0 Å². The Morgan fingerprint density at radius 3 is 2.67 bits per heavy atom. The molecule has 0 heterocycles. The highest BCUT2D eigenvalue weighted by molar-refractivity contribution is 6.36. The molecular weight excluding hydrogens is 271 g/mol. The normalized spacial score (nSPS) is 10.7. The van der Waals surface area contributed by atoms with Crippen molar-refractivity contribution in [2.24, 2.45) is 5.92 Å². The summed E-state index contributed by atoms with van der Waals surface area (Å²) in [6.45, 7) is 5.41. The molecule has 5 heteroatoms. The molecule has 0 aliphatic carbocycles. The topological polar surface area (TPSA) is 41.1 Å². The van der Waals surface area contributed by atoms with Crippen LogP contribution in [0.5, 0.6) is 0 Å². The maximum atomic E-state index is 11.6. The van der Waals surface area contributed by atoms with E-state index in [9.17, 15) is 4.79 Å². The Hall–Kier alpha value is -0.770. The van der Waals surface area contributed by atoms with Gasteiger partial charge in [-0.1, -0.05) is 37.0 Å². The standard InChI is InChI=1S/C13H18Cl2N2O/c1-9(2)5-6-16-8-13(18)17-12-4-3-10(14)7-11(12)15/h3-4,7,9,16H,5-6,8H2,1-2H3,(H,17,18). The summed E-state index contributed by atoms with van der Waals surface area (Å²) < 4.78 is 0. The molecule has 0 aliphatic rings. The minimum atomic E-state index is -0.108. The summed E-state index contributed by atoms with van der Waals surface area (Å²) in [4.78, 5) is 11.6. The molecule has 0 unspecified atom stereocenters. The predicted octanol–water partition coefficient (Wildman–Crippen LogP) is 3.57. The van der Waals surface area contributed by atoms with Crippen molar-refractivity contribution >= 4 is 34.8 Å². The van der Waals surface area contributed by atoms with Crippen LogP contribution >= 0.6 is 23.2 Å². The molecule has 0 bridgehead atoms. The van der Waals surface area contributed by atoms with Gasteiger partial charge >= 0.3 is 0 Å². The minimum absolute atomic E-state index is 0.108. The molecule has 0 aliphatic heterocycles. The van der Waals surface area contributed by atoms with E-state index in [4.69, 9.17) is 23.2 Å². The van der Waals surface area contributed by atoms with Crippen LogP contribution in [-0.2, 0) is 4.79 Å². The van der Waals surface area contributed by atoms with Crippen LogP contribution in [0.2, 0.25) is 10.0 Å². The number of anilines is 1. The predicted molar refractivity (Wildman–Crippen MR) is 77.4 cm³/mol. The van der Waals surface area contributed by atoms with E-state index in [0.717, 1.165) is 13.0 Å². The van der Waals surface area contributed by atoms with Gasteiger partial charge in [0.25, 0.3) is 0 Å². The van der Waals surface area contributed by atoms with E-state index in [0.29, 0.717) is 21.7 Å². The summed E-state index contributed by atoms with van der Waals surface area (Å²) in [5.41, 5.74) is 0.580. The van der Waals surface area contributed by atoms with E-state index in [2.05, 4.69) is 24.5 Å². The van der Waals surface area contributed by atoms with Crippen molar-refractivity contribution in [2.75, 3.05) is 18.4 Å². The molecule has 0 saturated heterocycles. The molecule has 0 radical (unpaired) electrons. The van der Waals surface area contributed by atoms with E-state index in [1.165, 1.54) is 0 Å². The van der Waals surface area contributed by atoms with Crippen LogP contribution in [-0.4, -0.2) is 19.0 Å². The molecule has 18 heavy (non-hydrogen) atoms. The van der Waals surface area contributed by atoms with Crippen LogP contribution in [0.15, 0.2) is 18.2 Å². The van der Waals surface area contributed by atoms with E-state index < -0.39 is 0 Å². The largest absolute Gasteiger partial charge is 0.324 e. The van der Waals surface area contributed by atoms with Crippen molar-refractivity contribution in [1.82, 2.24) is 5.32 Å². The van der Waals surface area contributed by atoms with E-state index >= 15 is 0 Å². The fourth-order valence-corrected chi connectivity index (χ4v) is 1.83. The smallest absolute Gasteiger partial charge is 0.238 e. The molecular formula is C13H18Cl2N2O. The molecule has 1 aromatic rings. The van der Waals surface area contributed by atoms with Gasteiger partial charge in [-0.25, -0.2) is 0 Å². The lowest BCUT2D eigenvalue weighted by atomic mass is 10.1. The van der Waals surface area contributed by atoms with Crippen molar-refractivity contribution in [3.05, 3.63) is 28.2 Å². The second-order valence-electron chi connectivity index (χ2n) is 4.53. The Morgan fingerprint density at radius 2 is 2.06 bits per heavy atom. The first kappa shape index (κ1) is 15.3. The molecule has 0 atom stereocenters. The third-order valence-electron chi connectivity index (χ3n) is 2.39. The van der Waals surface area contributed by atoms with Crippen molar-refractivity contribution in [3.63, 3.8) is 0 Å². The summed E-state index contributed by atoms with van der Waals surface area (Å²) in [5.74, 6) is 0.522. The average molecular weight is 289 g/mol. The maximum Gasteiger partial charge on any atom is 0.238 e. The first-order valence-corrected chi connectivity index (χ1v) is 6.70. The van der Waals surface area contributed by atoms with Gasteiger partial charge < -0.3 is 10.6 Å². The summed E-state index contributed by atoms with van der Waals surface area (Å²) >= 11 is 11.7. The molecule has 1 amide bonds. The van der Waals surface area contributed by atoms with Crippen molar-refractivity contribution < 1.29 is 4.79 Å². The van der Waals surface area contributed by atoms with Crippen LogP contribution in [0.25, 0.3) is 0 Å². The van der Waals surface area contributed by atoms with E-state index in [-0.39, 0.29) is 12.5 Å². The van der Waals surface area contributed by atoms with Gasteiger partial charge in [-0.3, -0.25) is 4.79 Å². The number of carbonyl (C=O) groups excluding carboxylic acids is 1. The number of hydrogen-bond acceptors (Lipinski definition) is 2. The number of hydrogen-bond donors (Lipinski definition) is 2. The fraction of sp³-hybridized carbons (Fsp3) is 0.462. The van der Waals surface area contributed by atoms with Gasteiger partial charge in [0.05, 0.1) is 17.3 Å². The molecule has 3 nitrogen and oxygen atoms in total. The minimum Gasteiger partial charge on any atom is -0.324 e. The van der Waals surface area contributed by atoms with Gasteiger partial charge in [-0.2, -0.15) is 0 Å². The van der Waals surface area contributed by atoms with Gasteiger partial charge in [0.2, 0.25) is 5.91 Å². The van der Waals surface area contributed by atoms with Crippen molar-refractivity contribution in [3.8, 4) is 0 Å². The second kappa shape index (κ2) is 7.62. The Labute approximate surface area is 118 Å². The molecule has 100 valence electrons. The molecule has 1 rings (SSSR count). The average Bonchev–Trinajstić information content (AvgIpc) is 2.28. The molecule has 1 aromatic carbocycles. The molecule has 0 aromatic heterocycles. The number of benzene rings is 1. The van der Waals surface area contributed by atoms with E-state index in [1.54, 1.807) is 18.2 Å². The number of halogens is 2. The lowest BCUT2D eigenvalue weighted by Crippen LogP contribution is -2.29. The van der Waals surface area contributed by atoms with Gasteiger partial charge in [-0.05, 0) is 37.1 Å². The highest BCUT2D eigenvalue weighted by Crippen LogP contribution is 2.25. The molecule has 2 N–H and O–H groups in total. The summed E-state index contributed by atoms with van der Waals surface area (Å²) in [6, 6.07) is 4.98. The summed E-state index contributed by atoms with van der Waals surface area (Å²) in [7, 11) is 0. The van der Waals surface area contributed by atoms with Crippen LogP contribution in [0.4, 0.5) is 5.69 Å². The van der Waals surface area contributed by atoms with Gasteiger partial charge in [0, 0.05) is 5.02 Å². The van der Waals surface area contributed by atoms with Gasteiger partial charge in [0.1, 0.15) is 0 Å². The summed E-state index contributed by atoms with van der Waals surface area (Å²) in [5, 5.41) is 6.81. The highest BCUT2D eigenvalue weighted by atomic mass is 35.5. The second-order valence-corrected chi connectivity index (χ2v) is 5.38. The van der Waals surface area contributed by atoms with Gasteiger partial charge in [0.15, 0.2) is 0 Å². The molecule has 0 fully saturated rings. The van der Waals surface area contributed by atoms with Crippen LogP contribution in [0.1, 0.15) is 20.3 Å². The molecule has 0 spiro atoms. The Bertz CT molecular complexity index is 408. The monoisotopic (exact) mass is 288 g/mol. The Balaban J connectivity index is 2.35. The third kappa shape index (κ3) is 5.71. The SMILES string of the molecule is CC(C)CCNCC(=O)Nc1ccc(Cl)cc1Cl. The summed E-state index contributed by atoms with van der Waals surface area (Å²) in [6.07, 6.45) is 1.05. The van der Waals surface area contributed by atoms with Crippen molar-refractivity contribution in [1.29, 1.82) is 0 Å². The zero-order valence-electron chi connectivity index (χ0n) is 10.6. The third-order valence-corrected chi connectivity index (χ3v) is 2.94. The van der Waals surface area contributed by atoms with Crippen LogP contribution < -0.4 is 10.6 Å². The van der Waals surface area contributed by atoms with Gasteiger partial charge in [-0.15, -0.1) is 0 Å². The fourth-order valence-electron chi connectivity index (χ4n) is 1.38. The lowest BCUT2D eigenvalue weighted by Gasteiger charge is -2.09. The Kier molecular flexibility index (Phi) is 6.47. The van der Waals surface area contributed by atoms with Crippen LogP contribution in [0, 0.1) is 5.92 Å². The lowest BCUT2D eigenvalue weighted by molar-refractivity contribution is -0.115. The maximum absolute atomic E-state index is 11.6. The first-order valence-electron chi connectivity index (χ1n) is 5.94. The van der Waals surface area contributed by atoms with Crippen LogP contribution in [0.3, 0.4) is 0 Å². The number of rotatable bonds is 6. The molecule has 0 saturated carbocycles. The zero-order valence-corrected chi connectivity index (χ0v) is 12.1. The Morgan fingerprint density at radius 1 is 1.33 bits per heavy atom.